The van der Waals surface area contributed by atoms with Crippen LogP contribution in [-0.2, 0) is 20.2 Å². The lowest BCUT2D eigenvalue weighted by molar-refractivity contribution is 0.480. The van der Waals surface area contributed by atoms with E-state index < -0.39 is 41.5 Å². The number of halogens is 2. The van der Waals surface area contributed by atoms with Crippen molar-refractivity contribution in [1.29, 1.82) is 0 Å². The summed E-state index contributed by atoms with van der Waals surface area (Å²) in [7, 11) is -9.65. The number of nitrogens with zero attached hydrogens (tertiary/aromatic N) is 7. The van der Waals surface area contributed by atoms with Crippen molar-refractivity contribution in [1.82, 2.24) is 15.0 Å². The highest BCUT2D eigenvalue weighted by molar-refractivity contribution is 7.86. The fraction of sp³-hybridized carbons (Fsp3) is 0.0385. The Bertz CT molecular complexity index is 2300. The topological polar surface area (TPSA) is 255 Å². The zero-order valence-corrected chi connectivity index (χ0v) is 26.2. The van der Waals surface area contributed by atoms with Gasteiger partial charge in [-0.2, -0.15) is 36.9 Å². The molecule has 0 atom stereocenters. The number of nitrogens with two attached hydrogens (primary N) is 1. The molecule has 0 spiro atoms. The normalized spacial score (nSPS) is 12.4. The Kier molecular flexibility index (Phi) is 8.85. The molecule has 0 fully saturated rings. The van der Waals surface area contributed by atoms with E-state index in [0.29, 0.717) is 5.69 Å². The number of aromatic nitrogens is 3. The van der Waals surface area contributed by atoms with E-state index in [1.54, 1.807) is 18.2 Å². The second-order valence-electron chi connectivity index (χ2n) is 9.36. The first-order chi connectivity index (χ1) is 21.6. The van der Waals surface area contributed by atoms with Gasteiger partial charge < -0.3 is 16.2 Å². The molecule has 0 radical (unpaired) electrons. The predicted molar refractivity (Wildman–Crippen MR) is 169 cm³/mol. The van der Waals surface area contributed by atoms with Crippen LogP contribution in [0, 0.1) is 6.92 Å². The summed E-state index contributed by atoms with van der Waals surface area (Å²) in [5, 5.41) is 29.2. The van der Waals surface area contributed by atoms with Gasteiger partial charge >= 0.3 is 0 Å². The van der Waals surface area contributed by atoms with E-state index in [0.717, 1.165) is 17.7 Å². The van der Waals surface area contributed by atoms with Crippen molar-refractivity contribution >= 4 is 94.3 Å². The number of hydrogen-bond acceptors (Lipinski definition) is 14. The average molecular weight is 705 g/mol. The second-order valence-corrected chi connectivity index (χ2v) is 12.8. The molecule has 0 saturated carbocycles. The van der Waals surface area contributed by atoms with Gasteiger partial charge in [-0.1, -0.05) is 18.2 Å². The molecular formula is C26H19Cl2N9O7S2. The Hall–Kier alpha value is -4.85. The van der Waals surface area contributed by atoms with Crippen molar-refractivity contribution in [3.8, 4) is 5.75 Å². The van der Waals surface area contributed by atoms with Gasteiger partial charge in [0.1, 0.15) is 26.9 Å². The van der Waals surface area contributed by atoms with E-state index in [1.165, 1.54) is 24.3 Å². The van der Waals surface area contributed by atoms with E-state index >= 15 is 0 Å². The lowest BCUT2D eigenvalue weighted by atomic mass is 10.1. The van der Waals surface area contributed by atoms with Gasteiger partial charge in [0.05, 0.1) is 16.8 Å². The zero-order chi connectivity index (χ0) is 33.4. The van der Waals surface area contributed by atoms with Crippen molar-refractivity contribution < 1.29 is 31.0 Å². The summed E-state index contributed by atoms with van der Waals surface area (Å²) in [4.78, 5) is 10.0. The first-order valence-corrected chi connectivity index (χ1v) is 16.1. The lowest BCUT2D eigenvalue weighted by Crippen LogP contribution is -2.02. The van der Waals surface area contributed by atoms with Gasteiger partial charge in [0.15, 0.2) is 5.75 Å². The number of anilines is 3. The molecule has 4 aromatic carbocycles. The fourth-order valence-electron chi connectivity index (χ4n) is 4.15. The number of phenols is 1. The standard InChI is InChI=1S/C26H19Cl2N9O7S2/c1-12-3-2-4-15(9-12)34-37-22-19(46(42,43)44)10-13-5-7-16(23(38)20(13)21(22)29)35-36-17-11-14(6-8-18(17)45(39,40)41)30-26-32-24(27)31-25(28)33-26/h2-11,38H,29H2,1H3,(H,39,40,41)(H,42,43,44)(H,30,31,32,33). The second kappa shape index (κ2) is 12.5. The summed E-state index contributed by atoms with van der Waals surface area (Å²) < 4.78 is 68.2. The van der Waals surface area contributed by atoms with E-state index in [2.05, 4.69) is 40.7 Å². The summed E-state index contributed by atoms with van der Waals surface area (Å²) in [5.41, 5.74) is 6.22. The first kappa shape index (κ1) is 32.5. The molecule has 0 aliphatic heterocycles. The Morgan fingerprint density at radius 1 is 0.783 bits per heavy atom. The molecule has 1 aromatic heterocycles. The van der Waals surface area contributed by atoms with Gasteiger partial charge in [0.2, 0.25) is 16.5 Å². The molecule has 1 heterocycles. The van der Waals surface area contributed by atoms with Crippen LogP contribution < -0.4 is 11.1 Å². The van der Waals surface area contributed by atoms with Gasteiger partial charge in [0, 0.05) is 5.69 Å². The molecule has 0 amide bonds. The number of azo groups is 2. The Labute approximate surface area is 270 Å². The Morgan fingerprint density at radius 3 is 2.11 bits per heavy atom. The molecule has 0 aliphatic rings. The number of hydrogen-bond donors (Lipinski definition) is 5. The average Bonchev–Trinajstić information content (AvgIpc) is 2.94. The number of fused-ring (bicyclic) bond motifs is 1. The van der Waals surface area contributed by atoms with Crippen molar-refractivity contribution in [2.24, 2.45) is 20.5 Å². The number of rotatable bonds is 8. The van der Waals surface area contributed by atoms with Crippen molar-refractivity contribution in [3.63, 3.8) is 0 Å². The van der Waals surface area contributed by atoms with E-state index in [1.807, 2.05) is 13.0 Å². The van der Waals surface area contributed by atoms with Crippen LogP contribution in [0.5, 0.6) is 5.75 Å². The molecule has 236 valence electrons. The molecule has 0 bridgehead atoms. The number of aromatic hydroxyl groups is 1. The Morgan fingerprint density at radius 2 is 1.46 bits per heavy atom. The third-order valence-corrected chi connectivity index (χ3v) is 8.22. The molecule has 5 rings (SSSR count). The molecule has 0 aliphatic carbocycles. The van der Waals surface area contributed by atoms with Crippen molar-refractivity contribution in [3.05, 3.63) is 76.8 Å². The molecule has 6 N–H and O–H groups in total. The maximum absolute atomic E-state index is 12.2. The lowest BCUT2D eigenvalue weighted by Gasteiger charge is -2.12. The molecule has 16 nitrogen and oxygen atoms in total. The van der Waals surface area contributed by atoms with Crippen LogP contribution >= 0.6 is 23.2 Å². The number of nitrogens with one attached hydrogen (secondary N) is 1. The van der Waals surface area contributed by atoms with Crippen LogP contribution in [-0.4, -0.2) is 46.0 Å². The minimum absolute atomic E-state index is 0.0792. The number of nitrogen functional groups attached to an aromatic ring is 1. The summed E-state index contributed by atoms with van der Waals surface area (Å²) in [6, 6.07) is 13.9. The summed E-state index contributed by atoms with van der Waals surface area (Å²) in [6.07, 6.45) is 0. The van der Waals surface area contributed by atoms with Gasteiger partial charge in [-0.05, 0) is 83.5 Å². The number of aryl methyl sites for hydroxylation is 1. The minimum Gasteiger partial charge on any atom is -0.505 e. The van der Waals surface area contributed by atoms with E-state index in [-0.39, 0.29) is 50.0 Å². The third kappa shape index (κ3) is 7.17. The molecule has 5 aromatic rings. The van der Waals surface area contributed by atoms with Crippen LogP contribution in [0.4, 0.5) is 40.1 Å². The smallest absolute Gasteiger partial charge is 0.296 e. The molecular weight excluding hydrogens is 685 g/mol. The molecule has 0 unspecified atom stereocenters. The highest BCUT2D eigenvalue weighted by Crippen LogP contribution is 2.45. The number of phenolic OH excluding ortho intramolecular Hbond substituents is 1. The highest BCUT2D eigenvalue weighted by atomic mass is 35.5. The molecule has 0 saturated heterocycles. The summed E-state index contributed by atoms with van der Waals surface area (Å²) >= 11 is 11.6. The van der Waals surface area contributed by atoms with E-state index in [4.69, 9.17) is 28.9 Å². The van der Waals surface area contributed by atoms with Crippen molar-refractivity contribution in [2.75, 3.05) is 11.1 Å². The molecule has 46 heavy (non-hydrogen) atoms. The monoisotopic (exact) mass is 703 g/mol. The van der Waals surface area contributed by atoms with Crippen LogP contribution in [0.25, 0.3) is 10.8 Å². The maximum Gasteiger partial charge on any atom is 0.296 e. The fourth-order valence-corrected chi connectivity index (χ4v) is 5.79. The van der Waals surface area contributed by atoms with Crippen LogP contribution in [0.1, 0.15) is 5.56 Å². The zero-order valence-electron chi connectivity index (χ0n) is 23.0. The summed E-state index contributed by atoms with van der Waals surface area (Å²) in [6.45, 7) is 1.81. The highest BCUT2D eigenvalue weighted by Gasteiger charge is 2.24. The van der Waals surface area contributed by atoms with Gasteiger partial charge in [0.25, 0.3) is 20.2 Å². The van der Waals surface area contributed by atoms with E-state index in [9.17, 15) is 31.0 Å². The Balaban J connectivity index is 1.61. The third-order valence-electron chi connectivity index (χ3n) is 6.12. The summed E-state index contributed by atoms with van der Waals surface area (Å²) in [5.74, 6) is -0.681. The quantitative estimate of drug-likeness (QED) is 0.0622. The number of benzene rings is 4. The van der Waals surface area contributed by atoms with Gasteiger partial charge in [-0.15, -0.1) is 15.3 Å². The van der Waals surface area contributed by atoms with Crippen LogP contribution in [0.3, 0.4) is 0 Å². The van der Waals surface area contributed by atoms with Crippen LogP contribution in [0.2, 0.25) is 10.6 Å². The SMILES string of the molecule is Cc1cccc(N=Nc2c(S(=O)(=O)O)cc3ccc(N=Nc4cc(Nc5nc(Cl)nc(Cl)n5)ccc4S(=O)(=O)O)c(O)c3c2N)c1. The minimum atomic E-state index is -4.85. The van der Waals surface area contributed by atoms with Gasteiger partial charge in [-0.25, -0.2) is 0 Å². The van der Waals surface area contributed by atoms with Gasteiger partial charge in [-0.3, -0.25) is 9.11 Å². The molecule has 20 heteroatoms. The maximum atomic E-state index is 12.2. The van der Waals surface area contributed by atoms with Crippen molar-refractivity contribution in [2.45, 2.75) is 16.7 Å². The first-order valence-electron chi connectivity index (χ1n) is 12.5. The largest absolute Gasteiger partial charge is 0.505 e. The van der Waals surface area contributed by atoms with Crippen LogP contribution in [0.15, 0.2) is 90.9 Å². The predicted octanol–water partition coefficient (Wildman–Crippen LogP) is 7.00.